The van der Waals surface area contributed by atoms with Crippen molar-refractivity contribution in [1.29, 1.82) is 0 Å². The quantitative estimate of drug-likeness (QED) is 0.865. The van der Waals surface area contributed by atoms with E-state index in [4.69, 9.17) is 10.5 Å². The summed E-state index contributed by atoms with van der Waals surface area (Å²) in [5.74, 6) is -0.0364. The van der Waals surface area contributed by atoms with Crippen molar-refractivity contribution in [2.75, 3.05) is 13.2 Å². The highest BCUT2D eigenvalue weighted by Crippen LogP contribution is 2.25. The molecule has 1 aliphatic rings. The number of rotatable bonds is 4. The van der Waals surface area contributed by atoms with Gasteiger partial charge >= 0.3 is 0 Å². The van der Waals surface area contributed by atoms with E-state index in [2.05, 4.69) is 5.32 Å². The monoisotopic (exact) mass is 252 g/mol. The predicted octanol–water partition coefficient (Wildman–Crippen LogP) is 2.37. The van der Waals surface area contributed by atoms with Crippen molar-refractivity contribution in [2.45, 2.75) is 38.3 Å². The molecule has 1 saturated heterocycles. The maximum absolute atomic E-state index is 13.8. The number of halogens is 1. The molecule has 0 aliphatic carbocycles. The van der Waals surface area contributed by atoms with Crippen LogP contribution in [0.2, 0.25) is 0 Å². The van der Waals surface area contributed by atoms with Crippen molar-refractivity contribution in [2.24, 2.45) is 5.73 Å². The molecule has 1 aromatic carbocycles. The largest absolute Gasteiger partial charge is 0.491 e. The van der Waals surface area contributed by atoms with Gasteiger partial charge < -0.3 is 15.8 Å². The molecule has 0 radical (unpaired) electrons. The number of benzene rings is 1. The van der Waals surface area contributed by atoms with Crippen molar-refractivity contribution in [3.8, 4) is 5.75 Å². The molecule has 1 heterocycles. The zero-order valence-corrected chi connectivity index (χ0v) is 10.8. The lowest BCUT2D eigenvalue weighted by Gasteiger charge is -2.29. The molecule has 0 bridgehead atoms. The van der Waals surface area contributed by atoms with Gasteiger partial charge in [0.05, 0.1) is 6.61 Å². The highest BCUT2D eigenvalue weighted by atomic mass is 19.1. The summed E-state index contributed by atoms with van der Waals surface area (Å²) < 4.78 is 18.9. The first-order valence-corrected chi connectivity index (χ1v) is 6.63. The van der Waals surface area contributed by atoms with E-state index in [0.29, 0.717) is 12.4 Å². The molecule has 2 rings (SSSR count). The van der Waals surface area contributed by atoms with Gasteiger partial charge in [0.2, 0.25) is 0 Å². The van der Waals surface area contributed by atoms with Crippen LogP contribution in [0.4, 0.5) is 4.39 Å². The van der Waals surface area contributed by atoms with Crippen molar-refractivity contribution < 1.29 is 9.13 Å². The van der Waals surface area contributed by atoms with E-state index in [1.165, 1.54) is 18.9 Å². The van der Waals surface area contributed by atoms with Crippen LogP contribution in [-0.4, -0.2) is 19.2 Å². The summed E-state index contributed by atoms with van der Waals surface area (Å²) in [6.45, 7) is 3.30. The number of nitrogens with two attached hydrogens (primary N) is 1. The number of piperidine rings is 1. The second-order valence-electron chi connectivity index (χ2n) is 4.71. The molecule has 1 fully saturated rings. The molecule has 4 heteroatoms. The third kappa shape index (κ3) is 3.00. The normalized spacial score (nSPS) is 21.6. The predicted molar refractivity (Wildman–Crippen MR) is 70.1 cm³/mol. The maximum Gasteiger partial charge on any atom is 0.165 e. The van der Waals surface area contributed by atoms with Crippen LogP contribution in [0.3, 0.4) is 0 Å². The molecule has 2 atom stereocenters. The van der Waals surface area contributed by atoms with Gasteiger partial charge in [-0.15, -0.1) is 0 Å². The Bertz CT molecular complexity index is 391. The Morgan fingerprint density at radius 2 is 2.33 bits per heavy atom. The fourth-order valence-corrected chi connectivity index (χ4v) is 2.41. The Morgan fingerprint density at radius 3 is 2.94 bits per heavy atom. The average Bonchev–Trinajstić information content (AvgIpc) is 2.41. The van der Waals surface area contributed by atoms with Crippen LogP contribution in [-0.2, 0) is 0 Å². The van der Waals surface area contributed by atoms with E-state index in [0.717, 1.165) is 18.5 Å². The SMILES string of the molecule is CCOc1ccc(C(N)C2CCCCN2)cc1F. The van der Waals surface area contributed by atoms with Gasteiger partial charge in [-0.3, -0.25) is 0 Å². The van der Waals surface area contributed by atoms with E-state index in [1.54, 1.807) is 6.07 Å². The number of nitrogens with one attached hydrogen (secondary N) is 1. The van der Waals surface area contributed by atoms with Gasteiger partial charge in [-0.2, -0.15) is 0 Å². The smallest absolute Gasteiger partial charge is 0.165 e. The van der Waals surface area contributed by atoms with Crippen molar-refractivity contribution in [3.63, 3.8) is 0 Å². The standard InChI is InChI=1S/C14H21FN2O/c1-2-18-13-7-6-10(9-11(13)15)14(16)12-5-3-4-8-17-12/h6-7,9,12,14,17H,2-5,8,16H2,1H3. The molecule has 2 unspecified atom stereocenters. The Labute approximate surface area is 108 Å². The molecular weight excluding hydrogens is 231 g/mol. The lowest BCUT2D eigenvalue weighted by Crippen LogP contribution is -2.42. The minimum Gasteiger partial charge on any atom is -0.491 e. The summed E-state index contributed by atoms with van der Waals surface area (Å²) in [7, 11) is 0. The fourth-order valence-electron chi connectivity index (χ4n) is 2.41. The van der Waals surface area contributed by atoms with E-state index in [9.17, 15) is 4.39 Å². The second-order valence-corrected chi connectivity index (χ2v) is 4.71. The fraction of sp³-hybridized carbons (Fsp3) is 0.571. The zero-order chi connectivity index (χ0) is 13.0. The number of ether oxygens (including phenoxy) is 1. The van der Waals surface area contributed by atoms with Crippen LogP contribution in [0.25, 0.3) is 0 Å². The van der Waals surface area contributed by atoms with Gasteiger partial charge in [-0.25, -0.2) is 4.39 Å². The Kier molecular flexibility index (Phi) is 4.55. The van der Waals surface area contributed by atoms with Crippen LogP contribution in [0.15, 0.2) is 18.2 Å². The van der Waals surface area contributed by atoms with Crippen LogP contribution in [0.1, 0.15) is 37.8 Å². The van der Waals surface area contributed by atoms with E-state index in [-0.39, 0.29) is 17.9 Å². The minimum atomic E-state index is -0.333. The summed E-state index contributed by atoms with van der Waals surface area (Å²) in [6.07, 6.45) is 3.43. The Morgan fingerprint density at radius 1 is 1.50 bits per heavy atom. The van der Waals surface area contributed by atoms with E-state index < -0.39 is 0 Å². The Hall–Kier alpha value is -1.13. The summed E-state index contributed by atoms with van der Waals surface area (Å²) >= 11 is 0. The van der Waals surface area contributed by atoms with Crippen LogP contribution in [0.5, 0.6) is 5.75 Å². The zero-order valence-electron chi connectivity index (χ0n) is 10.8. The van der Waals surface area contributed by atoms with Gasteiger partial charge in [-0.05, 0) is 44.0 Å². The first-order valence-electron chi connectivity index (χ1n) is 6.63. The van der Waals surface area contributed by atoms with Crippen LogP contribution in [0, 0.1) is 5.82 Å². The van der Waals surface area contributed by atoms with Gasteiger partial charge in [0.25, 0.3) is 0 Å². The molecule has 3 nitrogen and oxygen atoms in total. The van der Waals surface area contributed by atoms with Crippen molar-refractivity contribution >= 4 is 0 Å². The molecule has 0 aromatic heterocycles. The van der Waals surface area contributed by atoms with Crippen LogP contribution >= 0.6 is 0 Å². The molecule has 3 N–H and O–H groups in total. The van der Waals surface area contributed by atoms with E-state index >= 15 is 0 Å². The molecule has 0 saturated carbocycles. The van der Waals surface area contributed by atoms with Crippen molar-refractivity contribution in [1.82, 2.24) is 5.32 Å². The summed E-state index contributed by atoms with van der Waals surface area (Å²) in [6, 6.07) is 5.10. The summed E-state index contributed by atoms with van der Waals surface area (Å²) in [5, 5.41) is 3.40. The van der Waals surface area contributed by atoms with Gasteiger partial charge in [-0.1, -0.05) is 12.5 Å². The summed E-state index contributed by atoms with van der Waals surface area (Å²) in [5.41, 5.74) is 7.02. The van der Waals surface area contributed by atoms with E-state index in [1.807, 2.05) is 13.0 Å². The number of hydrogen-bond acceptors (Lipinski definition) is 3. The Balaban J connectivity index is 2.10. The molecule has 0 spiro atoms. The highest BCUT2D eigenvalue weighted by Gasteiger charge is 2.22. The first-order chi connectivity index (χ1) is 8.72. The third-order valence-electron chi connectivity index (χ3n) is 3.42. The first kappa shape index (κ1) is 13.3. The lowest BCUT2D eigenvalue weighted by molar-refractivity contribution is 0.320. The molecule has 0 amide bonds. The molecular formula is C14H21FN2O. The average molecular weight is 252 g/mol. The maximum atomic E-state index is 13.8. The van der Waals surface area contributed by atoms with Gasteiger partial charge in [0.1, 0.15) is 0 Å². The summed E-state index contributed by atoms with van der Waals surface area (Å²) in [4.78, 5) is 0. The van der Waals surface area contributed by atoms with Gasteiger partial charge in [0, 0.05) is 12.1 Å². The highest BCUT2D eigenvalue weighted by molar-refractivity contribution is 5.31. The topological polar surface area (TPSA) is 47.3 Å². The molecule has 1 aromatic rings. The lowest BCUT2D eigenvalue weighted by atomic mass is 9.93. The van der Waals surface area contributed by atoms with Crippen LogP contribution < -0.4 is 15.8 Å². The second kappa shape index (κ2) is 6.16. The van der Waals surface area contributed by atoms with Gasteiger partial charge in [0.15, 0.2) is 11.6 Å². The number of hydrogen-bond donors (Lipinski definition) is 2. The third-order valence-corrected chi connectivity index (χ3v) is 3.42. The minimum absolute atomic E-state index is 0.157. The van der Waals surface area contributed by atoms with Crippen molar-refractivity contribution in [3.05, 3.63) is 29.6 Å². The molecule has 100 valence electrons. The molecule has 1 aliphatic heterocycles. The molecule has 18 heavy (non-hydrogen) atoms.